The molecule has 0 saturated carbocycles. The van der Waals surface area contributed by atoms with Gasteiger partial charge in [0.1, 0.15) is 10.6 Å². The summed E-state index contributed by atoms with van der Waals surface area (Å²) in [5.74, 6) is 0.434. The molecule has 11 heteroatoms. The number of carbonyl (C=O) groups excluding carboxylic acids is 1. The van der Waals surface area contributed by atoms with Gasteiger partial charge in [0.05, 0.1) is 18.6 Å². The summed E-state index contributed by atoms with van der Waals surface area (Å²) in [4.78, 5) is 17.0. The number of rotatable bonds is 5. The first-order chi connectivity index (χ1) is 14.7. The molecule has 1 amide bonds. The van der Waals surface area contributed by atoms with E-state index in [1.807, 2.05) is 0 Å². The summed E-state index contributed by atoms with van der Waals surface area (Å²) in [6, 6.07) is 4.58. The first-order valence-electron chi connectivity index (χ1n) is 10.6. The molecule has 0 aromatic heterocycles. The molecule has 172 valence electrons. The Bertz CT molecular complexity index is 1040. The van der Waals surface area contributed by atoms with Crippen LogP contribution in [0.1, 0.15) is 29.6 Å². The quantitative estimate of drug-likeness (QED) is 0.613. The third kappa shape index (κ3) is 4.59. The molecule has 3 aliphatic rings. The molecule has 3 saturated heterocycles. The van der Waals surface area contributed by atoms with Crippen LogP contribution in [-0.2, 0) is 19.9 Å². The van der Waals surface area contributed by atoms with E-state index in [1.165, 1.54) is 23.5 Å². The number of carbonyl (C=O) groups is 1. The van der Waals surface area contributed by atoms with Crippen LogP contribution >= 0.6 is 0 Å². The van der Waals surface area contributed by atoms with Gasteiger partial charge in [0.25, 0.3) is 5.91 Å². The standard InChI is InChI=1S/C20H29N3O6S2/c1-29-18-5-4-16(14-19(18)31(27,28)23-7-2-3-8-23)20(24)22-11-9-21(10-12-22)17-6-13-30(25,26)15-17/h4-5,14,17H,2-3,6-13,15H2,1H3/t17-/m1/s1. The van der Waals surface area contributed by atoms with Crippen molar-refractivity contribution in [1.29, 1.82) is 0 Å². The number of nitrogens with zero attached hydrogens (tertiary/aromatic N) is 3. The fraction of sp³-hybridized carbons (Fsp3) is 0.650. The van der Waals surface area contributed by atoms with Gasteiger partial charge < -0.3 is 9.64 Å². The minimum Gasteiger partial charge on any atom is -0.495 e. The number of methoxy groups -OCH3 is 1. The van der Waals surface area contributed by atoms with Gasteiger partial charge in [-0.15, -0.1) is 0 Å². The molecule has 0 unspecified atom stereocenters. The summed E-state index contributed by atoms with van der Waals surface area (Å²) in [7, 11) is -5.25. The van der Waals surface area contributed by atoms with Crippen molar-refractivity contribution in [3.63, 3.8) is 0 Å². The molecule has 1 aromatic rings. The van der Waals surface area contributed by atoms with Crippen LogP contribution in [0.15, 0.2) is 23.1 Å². The minimum atomic E-state index is -3.73. The van der Waals surface area contributed by atoms with Gasteiger partial charge in [-0.1, -0.05) is 0 Å². The summed E-state index contributed by atoms with van der Waals surface area (Å²) in [6.07, 6.45) is 2.30. The molecule has 1 atom stereocenters. The minimum absolute atomic E-state index is 0.0255. The van der Waals surface area contributed by atoms with Crippen LogP contribution in [0.2, 0.25) is 0 Å². The maximum atomic E-state index is 13.1. The van der Waals surface area contributed by atoms with Crippen molar-refractivity contribution in [2.45, 2.75) is 30.2 Å². The summed E-state index contributed by atoms with van der Waals surface area (Å²) < 4.78 is 56.4. The van der Waals surface area contributed by atoms with Crippen molar-refractivity contribution >= 4 is 25.8 Å². The topological polar surface area (TPSA) is 104 Å². The highest BCUT2D eigenvalue weighted by Gasteiger charge is 2.35. The maximum Gasteiger partial charge on any atom is 0.253 e. The normalized spacial score (nSPS) is 25.1. The predicted octanol–water partition coefficient (Wildman–Crippen LogP) is 0.425. The lowest BCUT2D eigenvalue weighted by atomic mass is 10.1. The van der Waals surface area contributed by atoms with Gasteiger partial charge in [0.2, 0.25) is 10.0 Å². The van der Waals surface area contributed by atoms with Gasteiger partial charge in [0, 0.05) is 50.9 Å². The van der Waals surface area contributed by atoms with E-state index in [1.54, 1.807) is 11.0 Å². The Morgan fingerprint density at radius 3 is 2.32 bits per heavy atom. The molecule has 0 radical (unpaired) electrons. The van der Waals surface area contributed by atoms with Crippen molar-refractivity contribution in [2.24, 2.45) is 0 Å². The summed E-state index contributed by atoms with van der Waals surface area (Å²) >= 11 is 0. The number of ether oxygens (including phenoxy) is 1. The van der Waals surface area contributed by atoms with E-state index in [2.05, 4.69) is 4.90 Å². The molecule has 3 fully saturated rings. The van der Waals surface area contributed by atoms with Crippen LogP contribution in [-0.4, -0.2) is 101 Å². The lowest BCUT2D eigenvalue weighted by Gasteiger charge is -2.37. The summed E-state index contributed by atoms with van der Waals surface area (Å²) in [5.41, 5.74) is 0.315. The molecule has 0 N–H and O–H groups in total. The van der Waals surface area contributed by atoms with E-state index < -0.39 is 19.9 Å². The van der Waals surface area contributed by atoms with Crippen LogP contribution in [0.5, 0.6) is 5.75 Å². The Balaban J connectivity index is 1.48. The molecule has 9 nitrogen and oxygen atoms in total. The molecule has 0 bridgehead atoms. The zero-order chi connectivity index (χ0) is 22.2. The molecule has 0 aliphatic carbocycles. The number of amides is 1. The van der Waals surface area contributed by atoms with Crippen molar-refractivity contribution in [3.05, 3.63) is 23.8 Å². The second kappa shape index (κ2) is 8.68. The third-order valence-electron chi connectivity index (χ3n) is 6.42. The van der Waals surface area contributed by atoms with Gasteiger partial charge in [-0.3, -0.25) is 9.69 Å². The number of hydrogen-bond acceptors (Lipinski definition) is 7. The van der Waals surface area contributed by atoms with Crippen LogP contribution in [0, 0.1) is 0 Å². The highest BCUT2D eigenvalue weighted by atomic mass is 32.2. The number of benzene rings is 1. The maximum absolute atomic E-state index is 13.1. The average Bonchev–Trinajstić information content (AvgIpc) is 3.43. The van der Waals surface area contributed by atoms with Gasteiger partial charge in [-0.05, 0) is 37.5 Å². The van der Waals surface area contributed by atoms with Gasteiger partial charge in [0.15, 0.2) is 9.84 Å². The Kier molecular flexibility index (Phi) is 6.30. The first kappa shape index (κ1) is 22.5. The Hall–Kier alpha value is -1.69. The van der Waals surface area contributed by atoms with E-state index in [0.29, 0.717) is 51.3 Å². The molecule has 1 aromatic carbocycles. The third-order valence-corrected chi connectivity index (χ3v) is 10.1. The Morgan fingerprint density at radius 2 is 1.74 bits per heavy atom. The zero-order valence-corrected chi connectivity index (χ0v) is 19.3. The number of sulfonamides is 1. The number of piperazine rings is 1. The number of hydrogen-bond donors (Lipinski definition) is 0. The van der Waals surface area contributed by atoms with E-state index in [0.717, 1.165) is 12.8 Å². The predicted molar refractivity (Wildman–Crippen MR) is 116 cm³/mol. The SMILES string of the molecule is COc1ccc(C(=O)N2CCN([C@@H]3CCS(=O)(=O)C3)CC2)cc1S(=O)(=O)N1CCCC1. The molecular weight excluding hydrogens is 442 g/mol. The molecule has 31 heavy (non-hydrogen) atoms. The second-order valence-corrected chi connectivity index (χ2v) is 12.5. The summed E-state index contributed by atoms with van der Waals surface area (Å²) in [5, 5.41) is 0. The van der Waals surface area contributed by atoms with E-state index in [4.69, 9.17) is 4.74 Å². The van der Waals surface area contributed by atoms with E-state index in [9.17, 15) is 21.6 Å². The van der Waals surface area contributed by atoms with E-state index >= 15 is 0 Å². The van der Waals surface area contributed by atoms with Gasteiger partial charge >= 0.3 is 0 Å². The fourth-order valence-corrected chi connectivity index (χ4v) is 8.08. The molecule has 0 spiro atoms. The van der Waals surface area contributed by atoms with Crippen LogP contribution in [0.3, 0.4) is 0 Å². The molecule has 4 rings (SSSR count). The van der Waals surface area contributed by atoms with Crippen molar-refractivity contribution in [1.82, 2.24) is 14.1 Å². The highest BCUT2D eigenvalue weighted by molar-refractivity contribution is 7.91. The molecular formula is C20H29N3O6S2. The second-order valence-electron chi connectivity index (χ2n) is 8.36. The Labute approximate surface area is 183 Å². The number of sulfone groups is 1. The van der Waals surface area contributed by atoms with Crippen molar-refractivity contribution in [2.75, 3.05) is 57.9 Å². The van der Waals surface area contributed by atoms with Crippen molar-refractivity contribution in [3.8, 4) is 5.75 Å². The van der Waals surface area contributed by atoms with E-state index in [-0.39, 0.29) is 34.1 Å². The van der Waals surface area contributed by atoms with Crippen LogP contribution < -0.4 is 4.74 Å². The van der Waals surface area contributed by atoms with Crippen LogP contribution in [0.25, 0.3) is 0 Å². The monoisotopic (exact) mass is 471 g/mol. The lowest BCUT2D eigenvalue weighted by molar-refractivity contribution is 0.0587. The first-order valence-corrected chi connectivity index (χ1v) is 13.9. The van der Waals surface area contributed by atoms with Gasteiger partial charge in [-0.2, -0.15) is 4.31 Å². The highest BCUT2D eigenvalue weighted by Crippen LogP contribution is 2.30. The summed E-state index contributed by atoms with van der Waals surface area (Å²) in [6.45, 7) is 3.14. The smallest absolute Gasteiger partial charge is 0.253 e. The van der Waals surface area contributed by atoms with Gasteiger partial charge in [-0.25, -0.2) is 16.8 Å². The van der Waals surface area contributed by atoms with Crippen molar-refractivity contribution < 1.29 is 26.4 Å². The molecule has 3 heterocycles. The fourth-order valence-electron chi connectivity index (χ4n) is 4.61. The van der Waals surface area contributed by atoms with Crippen LogP contribution in [0.4, 0.5) is 0 Å². The lowest BCUT2D eigenvalue weighted by Crippen LogP contribution is -2.52. The largest absolute Gasteiger partial charge is 0.495 e. The zero-order valence-electron chi connectivity index (χ0n) is 17.7. The average molecular weight is 472 g/mol. The Morgan fingerprint density at radius 1 is 1.06 bits per heavy atom. The molecule has 3 aliphatic heterocycles.